The van der Waals surface area contributed by atoms with E-state index in [4.69, 9.17) is 4.74 Å². The molecule has 7 heteroatoms. The van der Waals surface area contributed by atoms with Crippen molar-refractivity contribution in [3.8, 4) is 11.6 Å². The molecule has 0 atom stereocenters. The third-order valence-electron chi connectivity index (χ3n) is 4.36. The number of piperazine rings is 1. The minimum Gasteiger partial charge on any atom is -0.439 e. The topological polar surface area (TPSA) is 58.6 Å². The fourth-order valence-electron chi connectivity index (χ4n) is 2.85. The second-order valence-electron chi connectivity index (χ2n) is 6.24. The second kappa shape index (κ2) is 8.60. The number of amides is 1. The lowest BCUT2D eigenvalue weighted by molar-refractivity contribution is -0.131. The summed E-state index contributed by atoms with van der Waals surface area (Å²) in [6.45, 7) is 4.93. The van der Waals surface area contributed by atoms with Crippen LogP contribution in [0.2, 0.25) is 0 Å². The number of rotatable bonds is 6. The monoisotopic (exact) mass is 358 g/mol. The molecule has 0 aliphatic carbocycles. The molecule has 6 nitrogen and oxygen atoms in total. The van der Waals surface area contributed by atoms with Gasteiger partial charge in [0.1, 0.15) is 23.7 Å². The molecular weight excluding hydrogens is 335 g/mol. The molecule has 1 fully saturated rings. The summed E-state index contributed by atoms with van der Waals surface area (Å²) < 4.78 is 18.6. The van der Waals surface area contributed by atoms with Crippen LogP contribution >= 0.6 is 0 Å². The molecule has 0 bridgehead atoms. The predicted octanol–water partition coefficient (Wildman–Crippen LogP) is 3.25. The fraction of sp³-hybridized carbons (Fsp3) is 0.421. The molecule has 0 N–H and O–H groups in total. The first-order chi connectivity index (χ1) is 12.7. The van der Waals surface area contributed by atoms with Crippen LogP contribution in [0, 0.1) is 5.82 Å². The van der Waals surface area contributed by atoms with Gasteiger partial charge in [0.15, 0.2) is 0 Å². The molecule has 26 heavy (non-hydrogen) atoms. The number of nitrogens with zero attached hydrogens (tertiary/aromatic N) is 4. The van der Waals surface area contributed by atoms with Gasteiger partial charge < -0.3 is 14.5 Å². The van der Waals surface area contributed by atoms with Crippen molar-refractivity contribution in [2.75, 3.05) is 31.1 Å². The molecular formula is C19H23FN4O2. The highest BCUT2D eigenvalue weighted by Gasteiger charge is 2.21. The molecule has 1 amide bonds. The lowest BCUT2D eigenvalue weighted by Gasteiger charge is -2.35. The summed E-state index contributed by atoms with van der Waals surface area (Å²) >= 11 is 0. The number of unbranched alkanes of at least 4 members (excludes halogenated alkanes) is 1. The number of ether oxygens (including phenoxy) is 1. The zero-order valence-corrected chi connectivity index (χ0v) is 14.9. The molecule has 1 aliphatic heterocycles. The SMILES string of the molecule is CCCCC(=O)N1CCN(c2cc(Oc3ccc(F)cc3)ncn2)CC1. The maximum atomic E-state index is 13.0. The molecule has 0 radical (unpaired) electrons. The fourth-order valence-corrected chi connectivity index (χ4v) is 2.85. The molecule has 1 aromatic heterocycles. The summed E-state index contributed by atoms with van der Waals surface area (Å²) in [5, 5.41) is 0. The quantitative estimate of drug-likeness (QED) is 0.793. The summed E-state index contributed by atoms with van der Waals surface area (Å²) in [5.74, 6) is 1.60. The van der Waals surface area contributed by atoms with Crippen LogP contribution in [-0.2, 0) is 4.79 Å². The van der Waals surface area contributed by atoms with E-state index >= 15 is 0 Å². The maximum Gasteiger partial charge on any atom is 0.224 e. The Morgan fingerprint density at radius 2 is 1.88 bits per heavy atom. The van der Waals surface area contributed by atoms with Crippen molar-refractivity contribution in [2.24, 2.45) is 0 Å². The first kappa shape index (κ1) is 18.1. The van der Waals surface area contributed by atoms with Crippen molar-refractivity contribution < 1.29 is 13.9 Å². The Morgan fingerprint density at radius 1 is 1.15 bits per heavy atom. The van der Waals surface area contributed by atoms with E-state index in [1.165, 1.54) is 18.5 Å². The average Bonchev–Trinajstić information content (AvgIpc) is 2.68. The van der Waals surface area contributed by atoms with Crippen molar-refractivity contribution in [1.82, 2.24) is 14.9 Å². The van der Waals surface area contributed by atoms with Gasteiger partial charge in [-0.15, -0.1) is 0 Å². The lowest BCUT2D eigenvalue weighted by atomic mass is 10.2. The third kappa shape index (κ3) is 4.68. The number of halogens is 1. The molecule has 2 heterocycles. The highest BCUT2D eigenvalue weighted by Crippen LogP contribution is 2.23. The van der Waals surface area contributed by atoms with Crippen LogP contribution in [0.25, 0.3) is 0 Å². The standard InChI is InChI=1S/C19H23FN4O2/c1-2-3-4-19(25)24-11-9-23(10-12-24)17-13-18(22-14-21-17)26-16-7-5-15(20)6-8-16/h5-8,13-14H,2-4,9-12H2,1H3. The van der Waals surface area contributed by atoms with Gasteiger partial charge in [0, 0.05) is 38.7 Å². The highest BCUT2D eigenvalue weighted by molar-refractivity contribution is 5.76. The summed E-state index contributed by atoms with van der Waals surface area (Å²) in [4.78, 5) is 24.6. The molecule has 1 aliphatic rings. The van der Waals surface area contributed by atoms with E-state index in [1.54, 1.807) is 18.2 Å². The van der Waals surface area contributed by atoms with Gasteiger partial charge in [0.05, 0.1) is 0 Å². The zero-order chi connectivity index (χ0) is 18.4. The van der Waals surface area contributed by atoms with E-state index in [0.29, 0.717) is 31.1 Å². The van der Waals surface area contributed by atoms with E-state index in [9.17, 15) is 9.18 Å². The van der Waals surface area contributed by atoms with E-state index in [1.807, 2.05) is 4.90 Å². The Bertz CT molecular complexity index is 731. The minimum absolute atomic E-state index is 0.231. The summed E-state index contributed by atoms with van der Waals surface area (Å²) in [7, 11) is 0. The number of hydrogen-bond acceptors (Lipinski definition) is 5. The molecule has 0 spiro atoms. The van der Waals surface area contributed by atoms with Crippen LogP contribution in [0.15, 0.2) is 36.7 Å². The van der Waals surface area contributed by atoms with Gasteiger partial charge >= 0.3 is 0 Å². The Kier molecular flexibility index (Phi) is 5.99. The van der Waals surface area contributed by atoms with Crippen LogP contribution in [-0.4, -0.2) is 47.0 Å². The van der Waals surface area contributed by atoms with E-state index in [0.717, 1.165) is 31.7 Å². The average molecular weight is 358 g/mol. The summed E-state index contributed by atoms with van der Waals surface area (Å²) in [5.41, 5.74) is 0. The largest absolute Gasteiger partial charge is 0.439 e. The van der Waals surface area contributed by atoms with Crippen LogP contribution in [0.3, 0.4) is 0 Å². The van der Waals surface area contributed by atoms with E-state index in [2.05, 4.69) is 21.8 Å². The number of hydrogen-bond donors (Lipinski definition) is 0. The minimum atomic E-state index is -0.313. The van der Waals surface area contributed by atoms with Gasteiger partial charge in [-0.2, -0.15) is 0 Å². The first-order valence-electron chi connectivity index (χ1n) is 8.94. The maximum absolute atomic E-state index is 13.0. The Balaban J connectivity index is 1.59. The van der Waals surface area contributed by atoms with Crippen molar-refractivity contribution >= 4 is 11.7 Å². The van der Waals surface area contributed by atoms with Crippen molar-refractivity contribution in [1.29, 1.82) is 0 Å². The molecule has 0 unspecified atom stereocenters. The van der Waals surface area contributed by atoms with Crippen molar-refractivity contribution in [3.63, 3.8) is 0 Å². The Labute approximate surface area is 152 Å². The van der Waals surface area contributed by atoms with Crippen molar-refractivity contribution in [2.45, 2.75) is 26.2 Å². The summed E-state index contributed by atoms with van der Waals surface area (Å²) in [6.07, 6.45) is 4.05. The molecule has 1 saturated heterocycles. The highest BCUT2D eigenvalue weighted by atomic mass is 19.1. The number of carbonyl (C=O) groups is 1. The van der Waals surface area contributed by atoms with Gasteiger partial charge in [-0.3, -0.25) is 4.79 Å². The Morgan fingerprint density at radius 3 is 2.58 bits per heavy atom. The van der Waals surface area contributed by atoms with Gasteiger partial charge in [-0.25, -0.2) is 14.4 Å². The molecule has 2 aromatic rings. The van der Waals surface area contributed by atoms with Gasteiger partial charge in [0.25, 0.3) is 0 Å². The van der Waals surface area contributed by atoms with Crippen LogP contribution in [0.5, 0.6) is 11.6 Å². The number of anilines is 1. The number of aromatic nitrogens is 2. The number of benzene rings is 1. The van der Waals surface area contributed by atoms with E-state index in [-0.39, 0.29) is 11.7 Å². The second-order valence-corrected chi connectivity index (χ2v) is 6.24. The van der Waals surface area contributed by atoms with Crippen LogP contribution < -0.4 is 9.64 Å². The predicted molar refractivity (Wildman–Crippen MR) is 96.8 cm³/mol. The summed E-state index contributed by atoms with van der Waals surface area (Å²) in [6, 6.07) is 7.55. The Hall–Kier alpha value is -2.70. The van der Waals surface area contributed by atoms with Gasteiger partial charge in [-0.05, 0) is 30.7 Å². The molecule has 138 valence electrons. The lowest BCUT2D eigenvalue weighted by Crippen LogP contribution is -2.49. The van der Waals surface area contributed by atoms with Crippen LogP contribution in [0.4, 0.5) is 10.2 Å². The first-order valence-corrected chi connectivity index (χ1v) is 8.94. The van der Waals surface area contributed by atoms with Gasteiger partial charge in [-0.1, -0.05) is 13.3 Å². The smallest absolute Gasteiger partial charge is 0.224 e. The molecule has 1 aromatic carbocycles. The van der Waals surface area contributed by atoms with Crippen LogP contribution in [0.1, 0.15) is 26.2 Å². The third-order valence-corrected chi connectivity index (χ3v) is 4.36. The molecule has 0 saturated carbocycles. The van der Waals surface area contributed by atoms with E-state index < -0.39 is 0 Å². The van der Waals surface area contributed by atoms with Crippen molar-refractivity contribution in [3.05, 3.63) is 42.5 Å². The van der Waals surface area contributed by atoms with Gasteiger partial charge in [0.2, 0.25) is 11.8 Å². The molecule has 3 rings (SSSR count). The number of carbonyl (C=O) groups excluding carboxylic acids is 1. The normalized spacial score (nSPS) is 14.4. The zero-order valence-electron chi connectivity index (χ0n) is 14.9.